The van der Waals surface area contributed by atoms with Gasteiger partial charge in [0, 0.05) is 30.1 Å². The third kappa shape index (κ3) is 5.52. The number of rotatable bonds is 6. The molecule has 0 aromatic heterocycles. The normalized spacial score (nSPS) is 15.6. The minimum atomic E-state index is -3.50. The van der Waals surface area contributed by atoms with Crippen LogP contribution in [0.1, 0.15) is 18.4 Å². The molecule has 6 heteroatoms. The Morgan fingerprint density at radius 1 is 0.812 bits per heavy atom. The first-order chi connectivity index (χ1) is 15.5. The highest BCUT2D eigenvalue weighted by atomic mass is 32.2. The molecule has 5 nitrogen and oxygen atoms in total. The van der Waals surface area contributed by atoms with Gasteiger partial charge in [0.25, 0.3) is 0 Å². The Morgan fingerprint density at radius 3 is 2.00 bits per heavy atom. The molecule has 32 heavy (non-hydrogen) atoms. The van der Waals surface area contributed by atoms with E-state index in [1.54, 1.807) is 6.08 Å². The van der Waals surface area contributed by atoms with Crippen molar-refractivity contribution in [3.05, 3.63) is 95.9 Å². The summed E-state index contributed by atoms with van der Waals surface area (Å²) in [4.78, 5) is 12.7. The van der Waals surface area contributed by atoms with Crippen LogP contribution in [0, 0.1) is 5.92 Å². The highest BCUT2D eigenvalue weighted by molar-refractivity contribution is 7.92. The molecule has 0 aliphatic carbocycles. The van der Waals surface area contributed by atoms with Crippen LogP contribution < -0.4 is 5.32 Å². The van der Waals surface area contributed by atoms with Gasteiger partial charge in [0.2, 0.25) is 15.9 Å². The second-order valence-electron chi connectivity index (χ2n) is 7.86. The van der Waals surface area contributed by atoms with Crippen molar-refractivity contribution in [3.8, 4) is 11.1 Å². The fourth-order valence-corrected chi connectivity index (χ4v) is 5.03. The molecule has 1 aliphatic rings. The van der Waals surface area contributed by atoms with E-state index < -0.39 is 10.0 Å². The van der Waals surface area contributed by atoms with Crippen LogP contribution in [0.25, 0.3) is 17.2 Å². The number of nitrogens with one attached hydrogen (secondary N) is 1. The van der Waals surface area contributed by atoms with Gasteiger partial charge in [-0.15, -0.1) is 0 Å². The summed E-state index contributed by atoms with van der Waals surface area (Å²) in [6.07, 6.45) is 2.62. The number of carbonyl (C=O) groups excluding carboxylic acids is 1. The molecule has 0 saturated carbocycles. The van der Waals surface area contributed by atoms with Gasteiger partial charge in [-0.25, -0.2) is 8.42 Å². The number of hydrogen-bond donors (Lipinski definition) is 1. The van der Waals surface area contributed by atoms with Crippen LogP contribution in [0.3, 0.4) is 0 Å². The fourth-order valence-electron chi connectivity index (χ4n) is 3.81. The molecule has 164 valence electrons. The van der Waals surface area contributed by atoms with Gasteiger partial charge in [-0.2, -0.15) is 4.31 Å². The predicted octanol–water partition coefficient (Wildman–Crippen LogP) is 5.00. The summed E-state index contributed by atoms with van der Waals surface area (Å²) < 4.78 is 26.7. The molecule has 4 rings (SSSR count). The summed E-state index contributed by atoms with van der Waals surface area (Å²) in [6.45, 7) is 0.680. The molecule has 0 bridgehead atoms. The minimum Gasteiger partial charge on any atom is -0.326 e. The fraction of sp³-hybridized carbons (Fsp3) is 0.192. The van der Waals surface area contributed by atoms with Gasteiger partial charge in [-0.3, -0.25) is 4.79 Å². The lowest BCUT2D eigenvalue weighted by Crippen LogP contribution is -2.40. The van der Waals surface area contributed by atoms with E-state index in [9.17, 15) is 13.2 Å². The molecule has 0 spiro atoms. The number of nitrogens with zero attached hydrogens (tertiary/aromatic N) is 1. The number of piperidine rings is 1. The number of benzene rings is 3. The van der Waals surface area contributed by atoms with Crippen LogP contribution in [0.4, 0.5) is 5.69 Å². The first kappa shape index (κ1) is 22.0. The Kier molecular flexibility index (Phi) is 6.83. The maximum absolute atomic E-state index is 12.7. The highest BCUT2D eigenvalue weighted by Crippen LogP contribution is 2.24. The van der Waals surface area contributed by atoms with Crippen molar-refractivity contribution in [1.82, 2.24) is 4.31 Å². The summed E-state index contributed by atoms with van der Waals surface area (Å²) in [5.41, 5.74) is 3.80. The van der Waals surface area contributed by atoms with Gasteiger partial charge >= 0.3 is 0 Å². The van der Waals surface area contributed by atoms with Crippen LogP contribution in [0.5, 0.6) is 0 Å². The van der Waals surface area contributed by atoms with Crippen molar-refractivity contribution in [2.75, 3.05) is 18.4 Å². The van der Waals surface area contributed by atoms with E-state index in [1.807, 2.05) is 84.9 Å². The highest BCUT2D eigenvalue weighted by Gasteiger charge is 2.30. The van der Waals surface area contributed by atoms with Crippen LogP contribution in [0.2, 0.25) is 0 Å². The molecule has 1 fully saturated rings. The largest absolute Gasteiger partial charge is 0.326 e. The first-order valence-corrected chi connectivity index (χ1v) is 12.2. The summed E-state index contributed by atoms with van der Waals surface area (Å²) in [6, 6.07) is 27.2. The summed E-state index contributed by atoms with van der Waals surface area (Å²) in [5.74, 6) is -0.261. The van der Waals surface area contributed by atoms with E-state index in [1.165, 1.54) is 9.71 Å². The van der Waals surface area contributed by atoms with Gasteiger partial charge in [-0.1, -0.05) is 72.8 Å². The van der Waals surface area contributed by atoms with E-state index in [0.29, 0.717) is 25.9 Å². The van der Waals surface area contributed by atoms with Crippen molar-refractivity contribution >= 4 is 27.7 Å². The number of sulfonamides is 1. The van der Waals surface area contributed by atoms with Gasteiger partial charge in [0.1, 0.15) is 0 Å². The Balaban J connectivity index is 1.31. The predicted molar refractivity (Wildman–Crippen MR) is 129 cm³/mol. The maximum Gasteiger partial charge on any atom is 0.236 e. The SMILES string of the molecule is O=C(Nc1ccc(-c2ccccc2)cc1)C1CCN(S(=O)(=O)/C=C/c2ccccc2)CC1. The van der Waals surface area contributed by atoms with Crippen molar-refractivity contribution in [3.63, 3.8) is 0 Å². The average molecular weight is 447 g/mol. The molecule has 0 atom stereocenters. The van der Waals surface area contributed by atoms with E-state index in [-0.39, 0.29) is 11.8 Å². The van der Waals surface area contributed by atoms with Crippen LogP contribution in [-0.2, 0) is 14.8 Å². The van der Waals surface area contributed by atoms with Crippen molar-refractivity contribution < 1.29 is 13.2 Å². The van der Waals surface area contributed by atoms with E-state index in [2.05, 4.69) is 5.32 Å². The molecule has 1 amide bonds. The van der Waals surface area contributed by atoms with Gasteiger partial charge < -0.3 is 5.32 Å². The molecule has 1 heterocycles. The maximum atomic E-state index is 12.7. The Labute approximate surface area is 189 Å². The monoisotopic (exact) mass is 446 g/mol. The first-order valence-electron chi connectivity index (χ1n) is 10.7. The van der Waals surface area contributed by atoms with Crippen LogP contribution >= 0.6 is 0 Å². The summed E-state index contributed by atoms with van der Waals surface area (Å²) in [7, 11) is -3.50. The Morgan fingerprint density at radius 2 is 1.38 bits per heavy atom. The molecular weight excluding hydrogens is 420 g/mol. The van der Waals surface area contributed by atoms with E-state index >= 15 is 0 Å². The van der Waals surface area contributed by atoms with Gasteiger partial charge in [-0.05, 0) is 47.7 Å². The molecule has 0 radical (unpaired) electrons. The lowest BCUT2D eigenvalue weighted by molar-refractivity contribution is -0.120. The van der Waals surface area contributed by atoms with E-state index in [0.717, 1.165) is 22.4 Å². The lowest BCUT2D eigenvalue weighted by Gasteiger charge is -2.29. The van der Waals surface area contributed by atoms with Gasteiger partial charge in [0.15, 0.2) is 0 Å². The quantitative estimate of drug-likeness (QED) is 0.579. The molecule has 1 N–H and O–H groups in total. The smallest absolute Gasteiger partial charge is 0.236 e. The van der Waals surface area contributed by atoms with Crippen molar-refractivity contribution in [1.29, 1.82) is 0 Å². The third-order valence-electron chi connectivity index (χ3n) is 5.68. The van der Waals surface area contributed by atoms with Crippen molar-refractivity contribution in [2.24, 2.45) is 5.92 Å². The van der Waals surface area contributed by atoms with Crippen LogP contribution in [0.15, 0.2) is 90.3 Å². The molecular formula is C26H26N2O3S. The molecule has 3 aromatic carbocycles. The number of carbonyl (C=O) groups is 1. The number of hydrogen-bond acceptors (Lipinski definition) is 3. The van der Waals surface area contributed by atoms with Gasteiger partial charge in [0.05, 0.1) is 0 Å². The summed E-state index contributed by atoms with van der Waals surface area (Å²) in [5, 5.41) is 4.22. The Bertz CT molecular complexity index is 1170. The zero-order valence-corrected chi connectivity index (χ0v) is 18.5. The Hall–Kier alpha value is -3.22. The average Bonchev–Trinajstić information content (AvgIpc) is 2.84. The lowest BCUT2D eigenvalue weighted by atomic mass is 9.97. The topological polar surface area (TPSA) is 66.5 Å². The number of amides is 1. The van der Waals surface area contributed by atoms with E-state index in [4.69, 9.17) is 0 Å². The molecule has 3 aromatic rings. The standard InChI is InChI=1S/C26H26N2O3S/c29-26(27-25-13-11-23(12-14-25)22-9-5-2-6-10-22)24-15-18-28(19-16-24)32(30,31)20-17-21-7-3-1-4-8-21/h1-14,17,20,24H,15-16,18-19H2,(H,27,29)/b20-17+. The zero-order chi connectivity index (χ0) is 22.4. The third-order valence-corrected chi connectivity index (χ3v) is 7.24. The minimum absolute atomic E-state index is 0.0608. The molecule has 1 saturated heterocycles. The molecule has 1 aliphatic heterocycles. The number of anilines is 1. The molecule has 0 unspecified atom stereocenters. The summed E-state index contributed by atoms with van der Waals surface area (Å²) >= 11 is 0. The zero-order valence-electron chi connectivity index (χ0n) is 17.7. The second-order valence-corrected chi connectivity index (χ2v) is 9.68. The second kappa shape index (κ2) is 9.94. The van der Waals surface area contributed by atoms with Crippen molar-refractivity contribution in [2.45, 2.75) is 12.8 Å². The van der Waals surface area contributed by atoms with Crippen LogP contribution in [-0.4, -0.2) is 31.7 Å².